The molecule has 1 aromatic rings. The Morgan fingerprint density at radius 2 is 2.50 bits per heavy atom. The van der Waals surface area contributed by atoms with Crippen molar-refractivity contribution in [1.82, 2.24) is 10.2 Å². The lowest BCUT2D eigenvalue weighted by molar-refractivity contribution is 0.987. The van der Waals surface area contributed by atoms with Crippen molar-refractivity contribution in [3.8, 4) is 0 Å². The van der Waals surface area contributed by atoms with E-state index in [4.69, 9.17) is 17.4 Å². The SMILES string of the molecule is NNc1cn[nH]c(=O)c1Cl. The molecule has 0 fully saturated rings. The number of nitrogens with two attached hydrogens (primary N) is 1. The number of H-pyrrole nitrogens is 1. The summed E-state index contributed by atoms with van der Waals surface area (Å²) in [5.41, 5.74) is 2.07. The summed E-state index contributed by atoms with van der Waals surface area (Å²) in [5, 5.41) is 5.60. The molecular formula is C4H5ClN4O. The van der Waals surface area contributed by atoms with E-state index in [0.717, 1.165) is 0 Å². The van der Waals surface area contributed by atoms with Crippen molar-refractivity contribution in [3.63, 3.8) is 0 Å². The number of aromatic amines is 1. The monoisotopic (exact) mass is 160 g/mol. The van der Waals surface area contributed by atoms with E-state index < -0.39 is 5.56 Å². The van der Waals surface area contributed by atoms with E-state index in [1.54, 1.807) is 0 Å². The topological polar surface area (TPSA) is 83.8 Å². The van der Waals surface area contributed by atoms with Gasteiger partial charge in [0.2, 0.25) is 0 Å². The maximum absolute atomic E-state index is 10.7. The van der Waals surface area contributed by atoms with E-state index in [1.807, 2.05) is 0 Å². The highest BCUT2D eigenvalue weighted by Crippen LogP contribution is 2.11. The van der Waals surface area contributed by atoms with E-state index in [1.165, 1.54) is 6.20 Å². The third-order valence-electron chi connectivity index (χ3n) is 0.951. The summed E-state index contributed by atoms with van der Waals surface area (Å²) in [6.07, 6.45) is 1.32. The first-order chi connectivity index (χ1) is 4.75. The minimum absolute atomic E-state index is 0.0116. The van der Waals surface area contributed by atoms with Crippen LogP contribution in [-0.4, -0.2) is 10.2 Å². The average Bonchev–Trinajstić information content (AvgIpc) is 1.95. The Morgan fingerprint density at radius 1 is 1.80 bits per heavy atom. The van der Waals surface area contributed by atoms with E-state index in [-0.39, 0.29) is 5.02 Å². The Bertz CT molecular complexity index is 283. The van der Waals surface area contributed by atoms with Gasteiger partial charge >= 0.3 is 0 Å². The van der Waals surface area contributed by atoms with Crippen LogP contribution in [0.15, 0.2) is 11.0 Å². The molecule has 0 saturated heterocycles. The molecule has 6 heteroatoms. The molecule has 0 aliphatic carbocycles. The summed E-state index contributed by atoms with van der Waals surface area (Å²) in [5.74, 6) is 4.99. The van der Waals surface area contributed by atoms with Crippen LogP contribution in [-0.2, 0) is 0 Å². The van der Waals surface area contributed by atoms with Gasteiger partial charge in [-0.05, 0) is 0 Å². The minimum atomic E-state index is -0.461. The highest BCUT2D eigenvalue weighted by molar-refractivity contribution is 6.32. The first kappa shape index (κ1) is 7.04. The van der Waals surface area contributed by atoms with Crippen LogP contribution in [0, 0.1) is 0 Å². The van der Waals surface area contributed by atoms with Crippen LogP contribution in [0.25, 0.3) is 0 Å². The molecule has 1 heterocycles. The number of nitrogens with one attached hydrogen (secondary N) is 2. The minimum Gasteiger partial charge on any atom is -0.321 e. The lowest BCUT2D eigenvalue weighted by Gasteiger charge is -1.97. The quantitative estimate of drug-likeness (QED) is 0.389. The summed E-state index contributed by atoms with van der Waals surface area (Å²) in [7, 11) is 0. The van der Waals surface area contributed by atoms with Gasteiger partial charge in [-0.3, -0.25) is 10.6 Å². The highest BCUT2D eigenvalue weighted by Gasteiger charge is 2.00. The average molecular weight is 161 g/mol. The number of hydrogen-bond acceptors (Lipinski definition) is 4. The number of halogens is 1. The van der Waals surface area contributed by atoms with Gasteiger partial charge in [-0.25, -0.2) is 5.10 Å². The lowest BCUT2D eigenvalue weighted by atomic mass is 10.5. The van der Waals surface area contributed by atoms with Gasteiger partial charge in [0.1, 0.15) is 5.02 Å². The van der Waals surface area contributed by atoms with Crippen LogP contribution < -0.4 is 16.8 Å². The summed E-state index contributed by atoms with van der Waals surface area (Å²) >= 11 is 5.47. The van der Waals surface area contributed by atoms with Crippen molar-refractivity contribution in [2.45, 2.75) is 0 Å². The van der Waals surface area contributed by atoms with E-state index in [0.29, 0.717) is 5.69 Å². The Labute approximate surface area is 61.2 Å². The molecule has 5 nitrogen and oxygen atoms in total. The fourth-order valence-corrected chi connectivity index (χ4v) is 0.630. The van der Waals surface area contributed by atoms with Gasteiger partial charge in [0.05, 0.1) is 11.9 Å². The largest absolute Gasteiger partial charge is 0.321 e. The maximum atomic E-state index is 10.7. The first-order valence-corrected chi connectivity index (χ1v) is 2.83. The molecule has 0 bridgehead atoms. The zero-order valence-electron chi connectivity index (χ0n) is 4.89. The predicted octanol–water partition coefficient (Wildman–Crippen LogP) is -0.291. The number of anilines is 1. The molecule has 4 N–H and O–H groups in total. The molecule has 0 aliphatic heterocycles. The van der Waals surface area contributed by atoms with E-state index in [9.17, 15) is 4.79 Å². The fourth-order valence-electron chi connectivity index (χ4n) is 0.484. The molecule has 1 aromatic heterocycles. The molecule has 0 aromatic carbocycles. The second kappa shape index (κ2) is 2.68. The van der Waals surface area contributed by atoms with Crippen molar-refractivity contribution < 1.29 is 0 Å². The third-order valence-corrected chi connectivity index (χ3v) is 1.33. The fraction of sp³-hybridized carbons (Fsp3) is 0. The molecule has 0 spiro atoms. The molecule has 0 amide bonds. The van der Waals surface area contributed by atoms with E-state index >= 15 is 0 Å². The lowest BCUT2D eigenvalue weighted by Crippen LogP contribution is -2.15. The van der Waals surface area contributed by atoms with Gasteiger partial charge in [-0.2, -0.15) is 5.10 Å². The molecule has 0 unspecified atom stereocenters. The summed E-state index contributed by atoms with van der Waals surface area (Å²) < 4.78 is 0. The second-order valence-corrected chi connectivity index (χ2v) is 1.95. The molecule has 0 atom stereocenters. The van der Waals surface area contributed by atoms with Crippen LogP contribution in [0.1, 0.15) is 0 Å². The number of hydrazine groups is 1. The Hall–Kier alpha value is -1.07. The smallest absolute Gasteiger partial charge is 0.285 e. The Kier molecular flexibility index (Phi) is 1.88. The van der Waals surface area contributed by atoms with E-state index in [2.05, 4.69) is 15.6 Å². The van der Waals surface area contributed by atoms with Crippen LogP contribution in [0.3, 0.4) is 0 Å². The van der Waals surface area contributed by atoms with Gasteiger partial charge in [-0.15, -0.1) is 0 Å². The standard InChI is InChI=1S/C4H5ClN4O/c5-3-2(8-6)1-7-9-4(3)10/h1H,6H2,(H2,8,9,10). The van der Waals surface area contributed by atoms with Gasteiger partial charge in [0, 0.05) is 0 Å². The van der Waals surface area contributed by atoms with Crippen molar-refractivity contribution in [2.75, 3.05) is 5.43 Å². The Morgan fingerprint density at radius 3 is 3.00 bits per heavy atom. The predicted molar refractivity (Wildman–Crippen MR) is 37.7 cm³/mol. The van der Waals surface area contributed by atoms with Crippen molar-refractivity contribution in [2.24, 2.45) is 5.84 Å². The molecule has 0 saturated carbocycles. The molecule has 10 heavy (non-hydrogen) atoms. The molecule has 1 rings (SSSR count). The number of nitrogen functional groups attached to an aromatic ring is 1. The zero-order valence-corrected chi connectivity index (χ0v) is 5.64. The zero-order chi connectivity index (χ0) is 7.56. The summed E-state index contributed by atoms with van der Waals surface area (Å²) in [6.45, 7) is 0. The van der Waals surface area contributed by atoms with Crippen LogP contribution >= 0.6 is 11.6 Å². The van der Waals surface area contributed by atoms with Gasteiger partial charge < -0.3 is 5.43 Å². The van der Waals surface area contributed by atoms with Gasteiger partial charge in [0.25, 0.3) is 5.56 Å². The van der Waals surface area contributed by atoms with Crippen LogP contribution in [0.2, 0.25) is 5.02 Å². The third kappa shape index (κ3) is 1.09. The van der Waals surface area contributed by atoms with Crippen molar-refractivity contribution in [3.05, 3.63) is 21.6 Å². The molecule has 0 aliphatic rings. The number of nitrogens with zero attached hydrogens (tertiary/aromatic N) is 1. The maximum Gasteiger partial charge on any atom is 0.285 e. The first-order valence-electron chi connectivity index (χ1n) is 2.45. The molecule has 0 radical (unpaired) electrons. The number of hydrogen-bond donors (Lipinski definition) is 3. The molecule has 54 valence electrons. The van der Waals surface area contributed by atoms with Crippen molar-refractivity contribution in [1.29, 1.82) is 0 Å². The highest BCUT2D eigenvalue weighted by atomic mass is 35.5. The Balaban J connectivity index is 3.28. The van der Waals surface area contributed by atoms with Gasteiger partial charge in [-0.1, -0.05) is 11.6 Å². The molecular weight excluding hydrogens is 156 g/mol. The van der Waals surface area contributed by atoms with Crippen LogP contribution in [0.5, 0.6) is 0 Å². The van der Waals surface area contributed by atoms with Gasteiger partial charge in [0.15, 0.2) is 0 Å². The summed E-state index contributed by atoms with van der Waals surface area (Å²) in [4.78, 5) is 10.7. The normalized spacial score (nSPS) is 9.40. The number of aromatic nitrogens is 2. The summed E-state index contributed by atoms with van der Waals surface area (Å²) in [6, 6.07) is 0. The second-order valence-electron chi connectivity index (χ2n) is 1.57. The van der Waals surface area contributed by atoms with Crippen molar-refractivity contribution >= 4 is 17.3 Å². The van der Waals surface area contributed by atoms with Crippen LogP contribution in [0.4, 0.5) is 5.69 Å². The number of rotatable bonds is 1.